The number of nitrogens with zero attached hydrogens (tertiary/aromatic N) is 2. The smallest absolute Gasteiger partial charge is 0.319 e. The van der Waals surface area contributed by atoms with E-state index >= 15 is 0 Å². The van der Waals surface area contributed by atoms with Crippen LogP contribution in [-0.2, 0) is 6.42 Å². The van der Waals surface area contributed by atoms with Crippen molar-refractivity contribution >= 4 is 11.7 Å². The van der Waals surface area contributed by atoms with E-state index < -0.39 is 0 Å². The molecule has 0 bridgehead atoms. The van der Waals surface area contributed by atoms with Crippen LogP contribution in [0.4, 0.5) is 10.5 Å². The van der Waals surface area contributed by atoms with Crippen LogP contribution in [0.5, 0.6) is 0 Å². The molecule has 0 saturated carbocycles. The number of benzene rings is 1. The molecule has 2 unspecified atom stereocenters. The second-order valence-corrected chi connectivity index (χ2v) is 6.42. The number of aryl methyl sites for hydroxylation is 1. The average Bonchev–Trinajstić information content (AvgIpc) is 2.60. The third kappa shape index (κ3) is 3.14. The maximum Gasteiger partial charge on any atom is 0.322 e. The van der Waals surface area contributed by atoms with Gasteiger partial charge in [-0.25, -0.2) is 4.79 Å². The van der Waals surface area contributed by atoms with Crippen LogP contribution in [0, 0.1) is 0 Å². The van der Waals surface area contributed by atoms with Crippen molar-refractivity contribution in [1.82, 2.24) is 9.88 Å². The molecule has 4 heteroatoms. The molecule has 24 heavy (non-hydrogen) atoms. The van der Waals surface area contributed by atoms with Crippen molar-refractivity contribution in [2.45, 2.75) is 52.1 Å². The Morgan fingerprint density at radius 3 is 2.75 bits per heavy atom. The Morgan fingerprint density at radius 2 is 2.12 bits per heavy atom. The lowest BCUT2D eigenvalue weighted by Crippen LogP contribution is -2.58. The fourth-order valence-corrected chi connectivity index (χ4v) is 3.48. The van der Waals surface area contributed by atoms with Crippen molar-refractivity contribution in [3.8, 4) is 11.3 Å². The molecular weight excluding hydrogens is 298 g/mol. The van der Waals surface area contributed by atoms with Gasteiger partial charge in [-0.15, -0.1) is 0 Å². The largest absolute Gasteiger partial charge is 0.322 e. The lowest BCUT2D eigenvalue weighted by Gasteiger charge is -2.46. The Hall–Kier alpha value is -2.36. The molecule has 2 aromatic rings. The average molecular weight is 323 g/mol. The second-order valence-electron chi connectivity index (χ2n) is 6.42. The number of anilines is 1. The number of aromatic nitrogens is 1. The molecule has 1 saturated heterocycles. The van der Waals surface area contributed by atoms with Gasteiger partial charge in [-0.3, -0.25) is 4.98 Å². The van der Waals surface area contributed by atoms with Crippen molar-refractivity contribution < 1.29 is 4.79 Å². The minimum atomic E-state index is -0.00295. The summed E-state index contributed by atoms with van der Waals surface area (Å²) < 4.78 is 0. The molecule has 2 amide bonds. The van der Waals surface area contributed by atoms with E-state index in [1.807, 2.05) is 35.2 Å². The fourth-order valence-electron chi connectivity index (χ4n) is 3.48. The summed E-state index contributed by atoms with van der Waals surface area (Å²) in [5.41, 5.74) is 4.08. The molecule has 4 nitrogen and oxygen atoms in total. The Bertz CT molecular complexity index is 714. The predicted octanol–water partition coefficient (Wildman–Crippen LogP) is 4.72. The molecule has 1 aliphatic rings. The second kappa shape index (κ2) is 7.04. The van der Waals surface area contributed by atoms with Gasteiger partial charge in [0, 0.05) is 29.5 Å². The summed E-state index contributed by atoms with van der Waals surface area (Å²) in [5.74, 6) is 0. The van der Waals surface area contributed by atoms with Crippen molar-refractivity contribution in [2.24, 2.45) is 0 Å². The highest BCUT2D eigenvalue weighted by Crippen LogP contribution is 2.30. The standard InChI is InChI=1S/C20H25N3O/c1-4-15-9-10-16(13-18(15)19-8-6-7-11-21-19)22-20(24)23-14(3)12-17(23)5-2/h6-11,13-14,17H,4-5,12H2,1-3H3,(H,22,24). The van der Waals surface area contributed by atoms with Crippen LogP contribution < -0.4 is 5.32 Å². The van der Waals surface area contributed by atoms with E-state index in [4.69, 9.17) is 0 Å². The molecule has 1 N–H and O–H groups in total. The van der Waals surface area contributed by atoms with E-state index in [1.165, 1.54) is 5.56 Å². The molecule has 1 aliphatic heterocycles. The number of carbonyl (C=O) groups is 1. The van der Waals surface area contributed by atoms with Gasteiger partial charge in [-0.1, -0.05) is 26.0 Å². The SMILES string of the molecule is CCc1ccc(NC(=O)N2C(C)CC2CC)cc1-c1ccccn1. The number of nitrogens with one attached hydrogen (secondary N) is 1. The highest BCUT2D eigenvalue weighted by atomic mass is 16.2. The maximum absolute atomic E-state index is 12.6. The van der Waals surface area contributed by atoms with E-state index in [9.17, 15) is 4.79 Å². The summed E-state index contributed by atoms with van der Waals surface area (Å²) >= 11 is 0. The zero-order valence-electron chi connectivity index (χ0n) is 14.6. The molecule has 1 aromatic heterocycles. The molecule has 0 spiro atoms. The van der Waals surface area contributed by atoms with Crippen LogP contribution in [0.1, 0.15) is 39.2 Å². The maximum atomic E-state index is 12.6. The van der Waals surface area contributed by atoms with Gasteiger partial charge in [0.1, 0.15) is 0 Å². The Balaban J connectivity index is 1.83. The van der Waals surface area contributed by atoms with Crippen LogP contribution >= 0.6 is 0 Å². The van der Waals surface area contributed by atoms with E-state index in [-0.39, 0.29) is 6.03 Å². The number of rotatable bonds is 4. The number of urea groups is 1. The number of carbonyl (C=O) groups excluding carboxylic acids is 1. The van der Waals surface area contributed by atoms with Gasteiger partial charge in [0.05, 0.1) is 5.69 Å². The first-order valence-corrected chi connectivity index (χ1v) is 8.77. The molecule has 1 aromatic carbocycles. The first-order valence-electron chi connectivity index (χ1n) is 8.77. The van der Waals surface area contributed by atoms with Gasteiger partial charge in [0.2, 0.25) is 0 Å². The Kier molecular flexibility index (Phi) is 4.84. The van der Waals surface area contributed by atoms with E-state index in [0.717, 1.165) is 36.2 Å². The molecular formula is C20H25N3O. The predicted molar refractivity (Wildman–Crippen MR) is 98.1 cm³/mol. The van der Waals surface area contributed by atoms with Crippen molar-refractivity contribution in [2.75, 3.05) is 5.32 Å². The highest BCUT2D eigenvalue weighted by Gasteiger charge is 2.37. The minimum absolute atomic E-state index is 0.00295. The molecule has 2 heterocycles. The number of hydrogen-bond donors (Lipinski definition) is 1. The summed E-state index contributed by atoms with van der Waals surface area (Å²) in [6.07, 6.45) is 4.83. The molecule has 0 radical (unpaired) electrons. The molecule has 126 valence electrons. The normalized spacial score (nSPS) is 19.7. The van der Waals surface area contributed by atoms with Crippen molar-refractivity contribution in [3.05, 3.63) is 48.2 Å². The lowest BCUT2D eigenvalue weighted by atomic mass is 9.93. The van der Waals surface area contributed by atoms with Gasteiger partial charge in [-0.2, -0.15) is 0 Å². The molecule has 1 fully saturated rings. The third-order valence-electron chi connectivity index (χ3n) is 4.87. The zero-order chi connectivity index (χ0) is 17.1. The molecule has 2 atom stereocenters. The monoisotopic (exact) mass is 323 g/mol. The first-order chi connectivity index (χ1) is 11.6. The van der Waals surface area contributed by atoms with Crippen LogP contribution in [0.15, 0.2) is 42.6 Å². The van der Waals surface area contributed by atoms with Crippen molar-refractivity contribution in [3.63, 3.8) is 0 Å². The summed E-state index contributed by atoms with van der Waals surface area (Å²) in [6, 6.07) is 12.7. The zero-order valence-corrected chi connectivity index (χ0v) is 14.6. The number of hydrogen-bond acceptors (Lipinski definition) is 2. The fraction of sp³-hybridized carbons (Fsp3) is 0.400. The quantitative estimate of drug-likeness (QED) is 0.885. The van der Waals surface area contributed by atoms with Gasteiger partial charge >= 0.3 is 6.03 Å². The van der Waals surface area contributed by atoms with Crippen molar-refractivity contribution in [1.29, 1.82) is 0 Å². The van der Waals surface area contributed by atoms with Crippen LogP contribution in [-0.4, -0.2) is 28.0 Å². The van der Waals surface area contributed by atoms with Crippen LogP contribution in [0.3, 0.4) is 0 Å². The lowest BCUT2D eigenvalue weighted by molar-refractivity contribution is 0.0688. The van der Waals surface area contributed by atoms with Gasteiger partial charge in [-0.05, 0) is 56.0 Å². The van der Waals surface area contributed by atoms with Crippen LogP contribution in [0.25, 0.3) is 11.3 Å². The number of amides is 2. The summed E-state index contributed by atoms with van der Waals surface area (Å²) in [6.45, 7) is 6.37. The summed E-state index contributed by atoms with van der Waals surface area (Å²) in [5, 5.41) is 3.06. The van der Waals surface area contributed by atoms with E-state index in [0.29, 0.717) is 12.1 Å². The highest BCUT2D eigenvalue weighted by molar-refractivity contribution is 5.91. The molecule has 0 aliphatic carbocycles. The number of likely N-dealkylation sites (tertiary alicyclic amines) is 1. The summed E-state index contributed by atoms with van der Waals surface area (Å²) in [7, 11) is 0. The van der Waals surface area contributed by atoms with Gasteiger partial charge in [0.25, 0.3) is 0 Å². The van der Waals surface area contributed by atoms with E-state index in [2.05, 4.69) is 37.1 Å². The number of pyridine rings is 1. The topological polar surface area (TPSA) is 45.2 Å². The van der Waals surface area contributed by atoms with Gasteiger partial charge in [0.15, 0.2) is 0 Å². The third-order valence-corrected chi connectivity index (χ3v) is 4.87. The minimum Gasteiger partial charge on any atom is -0.319 e. The Morgan fingerprint density at radius 1 is 1.29 bits per heavy atom. The van der Waals surface area contributed by atoms with Crippen LogP contribution in [0.2, 0.25) is 0 Å². The van der Waals surface area contributed by atoms with E-state index in [1.54, 1.807) is 6.20 Å². The molecule has 3 rings (SSSR count). The Labute approximate surface area is 143 Å². The van der Waals surface area contributed by atoms with Gasteiger partial charge < -0.3 is 10.2 Å². The first kappa shape index (κ1) is 16.5. The summed E-state index contributed by atoms with van der Waals surface area (Å²) in [4.78, 5) is 19.0.